The second kappa shape index (κ2) is 11.7. The SMILES string of the molecule is Cc1cn([C@H]2C[C@H](O)[C@@H](COP3(=O)OCCCC[C@@H]4[C@H](O3)[C@@H](CO)O[C@H]4n3ccc(=O)[nH]c3=O)O2)c(=O)[nH]c1=O. The van der Waals surface area contributed by atoms with E-state index in [0.717, 1.165) is 4.57 Å². The maximum Gasteiger partial charge on any atom is 0.475 e. The van der Waals surface area contributed by atoms with Crippen molar-refractivity contribution in [2.75, 3.05) is 19.8 Å². The summed E-state index contributed by atoms with van der Waals surface area (Å²) in [6.45, 7) is 0.621. The molecule has 8 atom stereocenters. The van der Waals surface area contributed by atoms with E-state index in [1.807, 2.05) is 0 Å². The normalized spacial score (nSPS) is 34.6. The van der Waals surface area contributed by atoms with E-state index in [9.17, 15) is 34.0 Å². The van der Waals surface area contributed by atoms with E-state index in [1.54, 1.807) is 0 Å². The van der Waals surface area contributed by atoms with Crippen molar-refractivity contribution in [2.24, 2.45) is 5.92 Å². The van der Waals surface area contributed by atoms with Gasteiger partial charge in [-0.3, -0.25) is 42.3 Å². The number of H-pyrrole nitrogens is 2. The summed E-state index contributed by atoms with van der Waals surface area (Å²) in [6, 6.07) is 1.17. The lowest BCUT2D eigenvalue weighted by atomic mass is 9.93. The Bertz CT molecular complexity index is 1500. The van der Waals surface area contributed by atoms with Crippen LogP contribution in [0.15, 0.2) is 37.6 Å². The van der Waals surface area contributed by atoms with Gasteiger partial charge in [0.1, 0.15) is 30.8 Å². The van der Waals surface area contributed by atoms with E-state index in [2.05, 4.69) is 9.97 Å². The zero-order chi connectivity index (χ0) is 28.6. The van der Waals surface area contributed by atoms with Crippen molar-refractivity contribution < 1.29 is 37.8 Å². The van der Waals surface area contributed by atoms with Crippen LogP contribution >= 0.6 is 7.82 Å². The van der Waals surface area contributed by atoms with Gasteiger partial charge in [-0.25, -0.2) is 14.2 Å². The second-order valence-corrected chi connectivity index (χ2v) is 11.6. The van der Waals surface area contributed by atoms with Crippen LogP contribution in [0.1, 0.15) is 43.7 Å². The number of nitrogens with zero attached hydrogens (tertiary/aromatic N) is 2. The van der Waals surface area contributed by atoms with Crippen molar-refractivity contribution in [2.45, 2.75) is 69.5 Å². The molecular weight excluding hydrogens is 555 g/mol. The molecule has 5 rings (SSSR count). The van der Waals surface area contributed by atoms with Crippen molar-refractivity contribution in [3.63, 3.8) is 0 Å². The van der Waals surface area contributed by atoms with Crippen LogP contribution in [-0.4, -0.2) is 73.6 Å². The highest BCUT2D eigenvalue weighted by Gasteiger charge is 2.50. The van der Waals surface area contributed by atoms with Gasteiger partial charge < -0.3 is 19.7 Å². The zero-order valence-corrected chi connectivity index (χ0v) is 22.4. The molecule has 3 aliphatic heterocycles. The number of aliphatic hydroxyl groups excluding tert-OH is 2. The Hall–Kier alpha value is -2.69. The summed E-state index contributed by atoms with van der Waals surface area (Å²) in [4.78, 5) is 52.3. The van der Waals surface area contributed by atoms with Crippen molar-refractivity contribution in [1.29, 1.82) is 0 Å². The maximum absolute atomic E-state index is 13.7. The van der Waals surface area contributed by atoms with Crippen LogP contribution in [0, 0.1) is 12.8 Å². The minimum Gasteiger partial charge on any atom is -0.394 e. The predicted molar refractivity (Wildman–Crippen MR) is 135 cm³/mol. The molecule has 0 amide bonds. The highest BCUT2D eigenvalue weighted by atomic mass is 31.2. The largest absolute Gasteiger partial charge is 0.475 e. The van der Waals surface area contributed by atoms with Crippen LogP contribution in [0.5, 0.6) is 0 Å². The molecule has 0 aliphatic carbocycles. The molecule has 40 heavy (non-hydrogen) atoms. The summed E-state index contributed by atoms with van der Waals surface area (Å²) in [7, 11) is -4.31. The molecule has 3 saturated heterocycles. The van der Waals surface area contributed by atoms with E-state index in [-0.39, 0.29) is 18.6 Å². The molecule has 0 bridgehead atoms. The number of aromatic amines is 2. The van der Waals surface area contributed by atoms with E-state index in [4.69, 9.17) is 23.0 Å². The molecule has 0 spiro atoms. The van der Waals surface area contributed by atoms with Gasteiger partial charge in [0.15, 0.2) is 0 Å². The number of hydrogen-bond acceptors (Lipinski definition) is 12. The summed E-state index contributed by atoms with van der Waals surface area (Å²) in [5.74, 6) is -0.549. The Morgan fingerprint density at radius 1 is 1.10 bits per heavy atom. The van der Waals surface area contributed by atoms with Gasteiger partial charge in [-0.15, -0.1) is 0 Å². The third-order valence-corrected chi connectivity index (χ3v) is 8.73. The molecule has 3 fully saturated rings. The highest BCUT2D eigenvalue weighted by Crippen LogP contribution is 2.56. The maximum atomic E-state index is 13.7. The number of phosphoric acid groups is 1. The Kier molecular flexibility index (Phi) is 8.40. The molecule has 0 aromatic carbocycles. The average Bonchev–Trinajstić information content (AvgIpc) is 3.45. The number of fused-ring (bicyclic) bond motifs is 1. The van der Waals surface area contributed by atoms with Gasteiger partial charge in [-0.1, -0.05) is 6.42 Å². The van der Waals surface area contributed by atoms with Crippen LogP contribution < -0.4 is 22.5 Å². The third kappa shape index (κ3) is 5.85. The van der Waals surface area contributed by atoms with E-state index in [0.29, 0.717) is 19.3 Å². The molecule has 220 valence electrons. The topological polar surface area (TPSA) is 213 Å². The Morgan fingerprint density at radius 2 is 1.88 bits per heavy atom. The minimum atomic E-state index is -4.31. The van der Waals surface area contributed by atoms with E-state index < -0.39 is 86.3 Å². The number of aromatic nitrogens is 4. The molecule has 3 aliphatic rings. The van der Waals surface area contributed by atoms with Gasteiger partial charge in [0.25, 0.3) is 11.1 Å². The molecule has 4 N–H and O–H groups in total. The van der Waals surface area contributed by atoms with Gasteiger partial charge in [0.2, 0.25) is 0 Å². The van der Waals surface area contributed by atoms with Crippen LogP contribution in [0.3, 0.4) is 0 Å². The quantitative estimate of drug-likeness (QED) is 0.308. The molecule has 5 heterocycles. The standard InChI is InChI=1S/C23H31N4O12P/c1-12-9-27(23(33)25-20(12)31)18-8-14(29)16(37-18)11-36-40(34)35-7-3-2-4-13-19(39-40)15(10-28)38-21(13)26-6-5-17(30)24-22(26)32/h5-6,9,13-16,18-19,21,28-29H,2-4,7-8,10-11H2,1H3,(H,24,30,32)(H,25,31,33)/t13-,14+,15-,16-,18-,19+,21-,40?/m1/s1. The van der Waals surface area contributed by atoms with Crippen molar-refractivity contribution >= 4 is 7.82 Å². The number of phosphoric ester groups is 1. The van der Waals surface area contributed by atoms with Gasteiger partial charge in [0, 0.05) is 36.4 Å². The number of nitrogens with one attached hydrogen (secondary N) is 2. The van der Waals surface area contributed by atoms with Crippen LogP contribution in [0.4, 0.5) is 0 Å². The van der Waals surface area contributed by atoms with Crippen LogP contribution in [0.25, 0.3) is 0 Å². The highest BCUT2D eigenvalue weighted by molar-refractivity contribution is 7.48. The first kappa shape index (κ1) is 28.8. The number of aliphatic hydroxyl groups is 2. The summed E-state index contributed by atoms with van der Waals surface area (Å²) < 4.78 is 44.7. The number of hydrogen-bond donors (Lipinski definition) is 4. The second-order valence-electron chi connectivity index (χ2n) is 9.98. The fourth-order valence-corrected chi connectivity index (χ4v) is 6.67. The zero-order valence-electron chi connectivity index (χ0n) is 21.5. The molecule has 17 heteroatoms. The van der Waals surface area contributed by atoms with Gasteiger partial charge >= 0.3 is 19.2 Å². The Labute approximate surface area is 226 Å². The lowest BCUT2D eigenvalue weighted by Crippen LogP contribution is -2.35. The van der Waals surface area contributed by atoms with Crippen molar-refractivity contribution in [3.8, 4) is 0 Å². The first-order valence-corrected chi connectivity index (χ1v) is 14.4. The smallest absolute Gasteiger partial charge is 0.394 e. The molecular formula is C23H31N4O12P. The summed E-state index contributed by atoms with van der Waals surface area (Å²) in [6.07, 6.45) is -1.74. The third-order valence-electron chi connectivity index (χ3n) is 7.26. The lowest BCUT2D eigenvalue weighted by Gasteiger charge is -2.27. The summed E-state index contributed by atoms with van der Waals surface area (Å²) in [5, 5.41) is 20.6. The van der Waals surface area contributed by atoms with Gasteiger partial charge in [0.05, 0.1) is 25.9 Å². The lowest BCUT2D eigenvalue weighted by molar-refractivity contribution is -0.0603. The first-order valence-electron chi connectivity index (χ1n) is 12.9. The Morgan fingerprint density at radius 3 is 2.62 bits per heavy atom. The molecule has 0 saturated carbocycles. The van der Waals surface area contributed by atoms with E-state index in [1.165, 1.54) is 30.0 Å². The molecule has 1 unspecified atom stereocenters. The van der Waals surface area contributed by atoms with Crippen molar-refractivity contribution in [3.05, 3.63) is 65.7 Å². The predicted octanol–water partition coefficient (Wildman–Crippen LogP) is -0.740. The van der Waals surface area contributed by atoms with Gasteiger partial charge in [-0.2, -0.15) is 0 Å². The number of ether oxygens (including phenoxy) is 2. The first-order chi connectivity index (χ1) is 19.1. The molecule has 2 aromatic heterocycles. The fraction of sp³-hybridized carbons (Fsp3) is 0.652. The minimum absolute atomic E-state index is 0.00611. The number of rotatable bonds is 6. The number of aryl methyl sites for hydroxylation is 1. The fourth-order valence-electron chi connectivity index (χ4n) is 5.20. The molecule has 2 aromatic rings. The summed E-state index contributed by atoms with van der Waals surface area (Å²) in [5.41, 5.74) is -2.24. The molecule has 16 nitrogen and oxygen atoms in total. The monoisotopic (exact) mass is 586 g/mol. The van der Waals surface area contributed by atoms with Crippen LogP contribution in [0.2, 0.25) is 0 Å². The Balaban J connectivity index is 1.32. The average molecular weight is 586 g/mol. The van der Waals surface area contributed by atoms with Gasteiger partial charge in [-0.05, 0) is 19.8 Å². The summed E-state index contributed by atoms with van der Waals surface area (Å²) >= 11 is 0. The molecule has 0 radical (unpaired) electrons. The van der Waals surface area contributed by atoms with E-state index >= 15 is 0 Å². The van der Waals surface area contributed by atoms with Crippen LogP contribution in [-0.2, 0) is 27.6 Å². The van der Waals surface area contributed by atoms with Crippen molar-refractivity contribution in [1.82, 2.24) is 19.1 Å².